The quantitative estimate of drug-likeness (QED) is 0.498. The Kier molecular flexibility index (Phi) is 6.28. The number of nitrogens with one attached hydrogen (secondary N) is 1. The minimum atomic E-state index is -0.396. The van der Waals surface area contributed by atoms with Crippen molar-refractivity contribution in [1.82, 2.24) is 14.5 Å². The molecule has 34 heavy (non-hydrogen) atoms. The van der Waals surface area contributed by atoms with Crippen LogP contribution in [-0.4, -0.2) is 56.3 Å². The summed E-state index contributed by atoms with van der Waals surface area (Å²) in [5, 5.41) is 16.0. The number of amides is 1. The predicted octanol–water partition coefficient (Wildman–Crippen LogP) is 4.25. The molecule has 1 fully saturated rings. The SMILES string of the molecule is Cc1cccc(C)c1OCCCn1cccc1/C=C1/C(=N)N2N=C(N3CCCC3)SC2=NC1=O. The van der Waals surface area contributed by atoms with Crippen LogP contribution < -0.4 is 4.74 Å². The van der Waals surface area contributed by atoms with E-state index >= 15 is 0 Å². The first-order valence-corrected chi connectivity index (χ1v) is 12.4. The zero-order valence-electron chi connectivity index (χ0n) is 19.5. The third-order valence-electron chi connectivity index (χ3n) is 6.18. The summed E-state index contributed by atoms with van der Waals surface area (Å²) in [5.74, 6) is 0.625. The van der Waals surface area contributed by atoms with E-state index in [0.717, 1.165) is 66.6 Å². The number of aryl methyl sites for hydroxylation is 3. The molecule has 0 atom stereocenters. The third kappa shape index (κ3) is 4.40. The normalized spacial score (nSPS) is 19.1. The van der Waals surface area contributed by atoms with Gasteiger partial charge < -0.3 is 14.2 Å². The molecule has 0 unspecified atom stereocenters. The lowest BCUT2D eigenvalue weighted by molar-refractivity contribution is -0.114. The third-order valence-corrected chi connectivity index (χ3v) is 7.15. The van der Waals surface area contributed by atoms with Crippen LogP contribution in [0.1, 0.15) is 36.1 Å². The summed E-state index contributed by atoms with van der Waals surface area (Å²) in [6, 6.07) is 10.0. The molecule has 1 aromatic carbocycles. The summed E-state index contributed by atoms with van der Waals surface area (Å²) in [7, 11) is 0. The topological polar surface area (TPSA) is 86.3 Å². The molecule has 1 N–H and O–H groups in total. The van der Waals surface area contributed by atoms with Crippen LogP contribution in [0.2, 0.25) is 0 Å². The van der Waals surface area contributed by atoms with E-state index in [1.165, 1.54) is 16.8 Å². The first-order valence-electron chi connectivity index (χ1n) is 11.6. The van der Waals surface area contributed by atoms with Gasteiger partial charge in [-0.25, -0.2) is 0 Å². The second-order valence-corrected chi connectivity index (χ2v) is 9.58. The number of likely N-dealkylation sites (tertiary alicyclic amines) is 1. The lowest BCUT2D eigenvalue weighted by Crippen LogP contribution is -2.35. The van der Waals surface area contributed by atoms with E-state index in [1.807, 2.05) is 24.4 Å². The fraction of sp³-hybridized carbons (Fsp3) is 0.360. The smallest absolute Gasteiger partial charge is 0.283 e. The summed E-state index contributed by atoms with van der Waals surface area (Å²) in [6.07, 6.45) is 6.82. The highest BCUT2D eigenvalue weighted by Crippen LogP contribution is 2.31. The van der Waals surface area contributed by atoms with Gasteiger partial charge in [0.25, 0.3) is 5.91 Å². The first-order chi connectivity index (χ1) is 16.5. The Morgan fingerprint density at radius 2 is 1.88 bits per heavy atom. The largest absolute Gasteiger partial charge is 0.493 e. The molecule has 0 spiro atoms. The lowest BCUT2D eigenvalue weighted by Gasteiger charge is -2.20. The number of fused-ring (bicyclic) bond motifs is 1. The Morgan fingerprint density at radius 3 is 2.65 bits per heavy atom. The average molecular weight is 477 g/mol. The number of carbonyl (C=O) groups is 1. The number of aromatic nitrogens is 1. The molecule has 0 radical (unpaired) electrons. The molecule has 0 aliphatic carbocycles. The van der Waals surface area contributed by atoms with E-state index < -0.39 is 5.91 Å². The number of carbonyl (C=O) groups excluding carboxylic acids is 1. The van der Waals surface area contributed by atoms with Gasteiger partial charge in [-0.15, -0.1) is 5.10 Å². The molecule has 1 amide bonds. The molecule has 2 aromatic rings. The number of hydrazone groups is 1. The van der Waals surface area contributed by atoms with Crippen molar-refractivity contribution in [3.63, 3.8) is 0 Å². The van der Waals surface area contributed by atoms with Gasteiger partial charge in [0.2, 0.25) is 5.17 Å². The molecule has 3 aliphatic rings. The monoisotopic (exact) mass is 476 g/mol. The summed E-state index contributed by atoms with van der Waals surface area (Å²) >= 11 is 1.37. The van der Waals surface area contributed by atoms with Crippen LogP contribution in [0.15, 0.2) is 52.2 Å². The number of thioether (sulfide) groups is 1. The summed E-state index contributed by atoms with van der Waals surface area (Å²) in [6.45, 7) is 7.36. The van der Waals surface area contributed by atoms with E-state index in [2.05, 4.69) is 45.5 Å². The van der Waals surface area contributed by atoms with Crippen molar-refractivity contribution in [2.45, 2.75) is 39.7 Å². The fourth-order valence-electron chi connectivity index (χ4n) is 4.36. The highest BCUT2D eigenvalue weighted by molar-refractivity contribution is 8.26. The van der Waals surface area contributed by atoms with Crippen molar-refractivity contribution in [2.24, 2.45) is 10.1 Å². The zero-order chi connectivity index (χ0) is 23.7. The zero-order valence-corrected chi connectivity index (χ0v) is 20.3. The standard InChI is InChI=1S/C25H28N6O2S/c1-17-8-5-9-18(2)21(17)33-15-7-14-29-13-6-10-19(29)16-20-22(26)31-24(27-23(20)32)34-25(28-31)30-11-3-4-12-30/h5-6,8-10,13,16,26H,3-4,7,11-12,14-15H2,1-2H3/b20-16-,26-22?. The second-order valence-electron chi connectivity index (χ2n) is 8.65. The molecular formula is C25H28N6O2S. The van der Waals surface area contributed by atoms with Crippen LogP contribution in [-0.2, 0) is 11.3 Å². The van der Waals surface area contributed by atoms with Crippen LogP contribution >= 0.6 is 11.8 Å². The van der Waals surface area contributed by atoms with Gasteiger partial charge >= 0.3 is 0 Å². The van der Waals surface area contributed by atoms with Crippen LogP contribution in [0.25, 0.3) is 6.08 Å². The van der Waals surface area contributed by atoms with Crippen molar-refractivity contribution in [3.8, 4) is 5.75 Å². The van der Waals surface area contributed by atoms with Gasteiger partial charge in [-0.2, -0.15) is 10.0 Å². The van der Waals surface area contributed by atoms with Gasteiger partial charge in [0.05, 0.1) is 12.2 Å². The summed E-state index contributed by atoms with van der Waals surface area (Å²) < 4.78 is 8.09. The van der Waals surface area contributed by atoms with E-state index in [9.17, 15) is 4.79 Å². The van der Waals surface area contributed by atoms with E-state index in [0.29, 0.717) is 11.8 Å². The molecule has 5 rings (SSSR count). The Labute approximate surface area is 203 Å². The Balaban J connectivity index is 1.26. The molecule has 0 bridgehead atoms. The van der Waals surface area contributed by atoms with Crippen LogP contribution in [0.3, 0.4) is 0 Å². The van der Waals surface area contributed by atoms with Gasteiger partial charge in [0.1, 0.15) is 5.75 Å². The molecule has 0 saturated carbocycles. The van der Waals surface area contributed by atoms with Crippen molar-refractivity contribution in [3.05, 3.63) is 58.9 Å². The van der Waals surface area contributed by atoms with Crippen molar-refractivity contribution in [1.29, 1.82) is 5.41 Å². The predicted molar refractivity (Wildman–Crippen MR) is 136 cm³/mol. The number of ether oxygens (including phenoxy) is 1. The van der Waals surface area contributed by atoms with E-state index in [4.69, 9.17) is 10.1 Å². The van der Waals surface area contributed by atoms with Crippen molar-refractivity contribution in [2.75, 3.05) is 19.7 Å². The minimum absolute atomic E-state index is 0.0720. The van der Waals surface area contributed by atoms with Gasteiger partial charge in [-0.3, -0.25) is 10.2 Å². The maximum Gasteiger partial charge on any atom is 0.283 e. The van der Waals surface area contributed by atoms with E-state index in [-0.39, 0.29) is 11.4 Å². The van der Waals surface area contributed by atoms with Crippen molar-refractivity contribution >= 4 is 39.9 Å². The number of rotatable bonds is 6. The van der Waals surface area contributed by atoms with Crippen molar-refractivity contribution < 1.29 is 9.53 Å². The highest BCUT2D eigenvalue weighted by atomic mass is 32.2. The number of nitrogens with zero attached hydrogens (tertiary/aromatic N) is 5. The maximum absolute atomic E-state index is 12.8. The van der Waals surface area contributed by atoms with Crippen LogP contribution in [0, 0.1) is 19.3 Å². The molecule has 1 aromatic heterocycles. The maximum atomic E-state index is 12.8. The molecular weight excluding hydrogens is 448 g/mol. The lowest BCUT2D eigenvalue weighted by atomic mass is 10.1. The second kappa shape index (κ2) is 9.50. The van der Waals surface area contributed by atoms with Gasteiger partial charge in [-0.05, 0) is 74.2 Å². The van der Waals surface area contributed by atoms with Crippen LogP contribution in [0.4, 0.5) is 0 Å². The number of amidine groups is 3. The molecule has 4 heterocycles. The molecule has 9 heteroatoms. The summed E-state index contributed by atoms with van der Waals surface area (Å²) in [5.41, 5.74) is 3.38. The van der Waals surface area contributed by atoms with Crippen LogP contribution in [0.5, 0.6) is 5.75 Å². The average Bonchev–Trinajstić information content (AvgIpc) is 3.56. The van der Waals surface area contributed by atoms with Gasteiger partial charge in [0, 0.05) is 31.5 Å². The Bertz CT molecular complexity index is 1200. The number of aliphatic imine (C=N–C) groups is 1. The number of hydrogen-bond donors (Lipinski definition) is 1. The fourth-order valence-corrected chi connectivity index (χ4v) is 5.31. The Hall–Kier alpha value is -3.33. The first kappa shape index (κ1) is 22.5. The Morgan fingerprint density at radius 1 is 1.12 bits per heavy atom. The minimum Gasteiger partial charge on any atom is -0.493 e. The number of para-hydroxylation sites is 1. The highest BCUT2D eigenvalue weighted by Gasteiger charge is 2.37. The van der Waals surface area contributed by atoms with Gasteiger partial charge in [-0.1, -0.05) is 18.2 Å². The molecule has 176 valence electrons. The molecule has 3 aliphatic heterocycles. The number of benzene rings is 1. The summed E-state index contributed by atoms with van der Waals surface area (Å²) in [4.78, 5) is 19.2. The van der Waals surface area contributed by atoms with E-state index in [1.54, 1.807) is 6.08 Å². The molecule has 8 nitrogen and oxygen atoms in total. The number of hydrogen-bond acceptors (Lipinski definition) is 6. The van der Waals surface area contributed by atoms with Gasteiger partial charge in [0.15, 0.2) is 11.0 Å². The molecule has 1 saturated heterocycles.